The summed E-state index contributed by atoms with van der Waals surface area (Å²) in [5.74, 6) is -0.302. The van der Waals surface area contributed by atoms with E-state index in [0.717, 1.165) is 0 Å². The molecule has 23 heavy (non-hydrogen) atoms. The molecule has 0 radical (unpaired) electrons. The number of aliphatic hydroxyl groups is 5. The molecule has 2 fully saturated rings. The Morgan fingerprint density at radius 2 is 1.87 bits per heavy atom. The summed E-state index contributed by atoms with van der Waals surface area (Å²) in [5.41, 5.74) is 0.578. The van der Waals surface area contributed by atoms with Gasteiger partial charge in [0, 0.05) is 0 Å². The van der Waals surface area contributed by atoms with E-state index in [4.69, 9.17) is 14.2 Å². The molecule has 1 saturated carbocycles. The molecular formula is C15H22O8. The van der Waals surface area contributed by atoms with E-state index < -0.39 is 49.7 Å². The van der Waals surface area contributed by atoms with Crippen LogP contribution in [0, 0.1) is 11.8 Å². The summed E-state index contributed by atoms with van der Waals surface area (Å²) in [6, 6.07) is 0. The van der Waals surface area contributed by atoms with Crippen molar-refractivity contribution >= 4 is 0 Å². The maximum atomic E-state index is 10.0. The van der Waals surface area contributed by atoms with E-state index in [1.54, 1.807) is 0 Å². The average Bonchev–Trinajstić information content (AvgIpc) is 2.83. The van der Waals surface area contributed by atoms with Gasteiger partial charge in [-0.2, -0.15) is 0 Å². The van der Waals surface area contributed by atoms with Crippen LogP contribution in [0.3, 0.4) is 0 Å². The van der Waals surface area contributed by atoms with E-state index in [2.05, 4.69) is 6.58 Å². The fraction of sp³-hybridized carbons (Fsp3) is 0.733. The largest absolute Gasteiger partial charge is 0.472 e. The molecule has 9 atom stereocenters. The molecule has 0 aromatic rings. The van der Waals surface area contributed by atoms with Crippen molar-refractivity contribution in [2.45, 2.75) is 49.5 Å². The lowest BCUT2D eigenvalue weighted by molar-refractivity contribution is -0.339. The van der Waals surface area contributed by atoms with Crippen LogP contribution in [0.5, 0.6) is 0 Å². The van der Waals surface area contributed by atoms with E-state index in [1.807, 2.05) is 6.08 Å². The van der Waals surface area contributed by atoms with Gasteiger partial charge in [-0.15, -0.1) is 0 Å². The number of ether oxygens (including phenoxy) is 3. The molecule has 0 aromatic carbocycles. The molecule has 3 aliphatic rings. The lowest BCUT2D eigenvalue weighted by atomic mass is 9.91. The first-order valence-electron chi connectivity index (χ1n) is 7.59. The molecule has 2 heterocycles. The van der Waals surface area contributed by atoms with Crippen LogP contribution in [0.25, 0.3) is 0 Å². The molecular weight excluding hydrogens is 308 g/mol. The Bertz CT molecular complexity index is 478. The molecule has 8 nitrogen and oxygen atoms in total. The summed E-state index contributed by atoms with van der Waals surface area (Å²) in [4.78, 5) is 0. The zero-order chi connectivity index (χ0) is 16.7. The first kappa shape index (κ1) is 16.8. The molecule has 2 aliphatic heterocycles. The van der Waals surface area contributed by atoms with Crippen molar-refractivity contribution in [3.63, 3.8) is 0 Å². The van der Waals surface area contributed by atoms with Gasteiger partial charge in [0.25, 0.3) is 0 Å². The Hall–Kier alpha value is -1.00. The van der Waals surface area contributed by atoms with Crippen LogP contribution in [0.2, 0.25) is 0 Å². The zero-order valence-electron chi connectivity index (χ0n) is 12.4. The highest BCUT2D eigenvalue weighted by Crippen LogP contribution is 2.43. The second kappa shape index (κ2) is 6.48. The van der Waals surface area contributed by atoms with Gasteiger partial charge in [0.15, 0.2) is 6.29 Å². The van der Waals surface area contributed by atoms with Gasteiger partial charge >= 0.3 is 0 Å². The van der Waals surface area contributed by atoms with Gasteiger partial charge in [0.1, 0.15) is 24.4 Å². The molecule has 0 aromatic heterocycles. The molecule has 130 valence electrons. The van der Waals surface area contributed by atoms with Gasteiger partial charge in [-0.3, -0.25) is 0 Å². The number of fused-ring (bicyclic) bond motifs is 1. The smallest absolute Gasteiger partial charge is 0.208 e. The minimum absolute atomic E-state index is 0.00105. The van der Waals surface area contributed by atoms with Crippen LogP contribution >= 0.6 is 0 Å². The van der Waals surface area contributed by atoms with E-state index in [9.17, 15) is 25.5 Å². The summed E-state index contributed by atoms with van der Waals surface area (Å²) in [6.07, 6.45) is -4.51. The third-order valence-corrected chi connectivity index (χ3v) is 4.76. The lowest BCUT2D eigenvalue weighted by Gasteiger charge is -2.42. The Kier molecular flexibility index (Phi) is 4.75. The Morgan fingerprint density at radius 3 is 2.57 bits per heavy atom. The molecule has 0 bridgehead atoms. The monoisotopic (exact) mass is 330 g/mol. The van der Waals surface area contributed by atoms with Gasteiger partial charge in [-0.25, -0.2) is 0 Å². The highest BCUT2D eigenvalue weighted by Gasteiger charge is 2.49. The Labute approximate surface area is 133 Å². The van der Waals surface area contributed by atoms with Crippen molar-refractivity contribution in [1.82, 2.24) is 0 Å². The molecule has 1 saturated heterocycles. The number of hydrogen-bond acceptors (Lipinski definition) is 8. The predicted molar refractivity (Wildman–Crippen MR) is 75.6 cm³/mol. The third kappa shape index (κ3) is 2.91. The summed E-state index contributed by atoms with van der Waals surface area (Å²) >= 11 is 0. The van der Waals surface area contributed by atoms with E-state index in [-0.39, 0.29) is 11.8 Å². The van der Waals surface area contributed by atoms with Crippen molar-refractivity contribution in [3.8, 4) is 0 Å². The SMILES string of the molecule is C=C1[C@H]2[C@H](O[C@@H]3O[C@H](CO)[C@@H](O)[C@H](O)[C@H]3O)OC=C[C@H]2C[C@@H]1O. The lowest BCUT2D eigenvalue weighted by Crippen LogP contribution is -2.60. The van der Waals surface area contributed by atoms with Crippen LogP contribution in [-0.4, -0.2) is 75.2 Å². The summed E-state index contributed by atoms with van der Waals surface area (Å²) in [6.45, 7) is 3.33. The van der Waals surface area contributed by atoms with Crippen molar-refractivity contribution in [2.75, 3.05) is 6.61 Å². The normalized spacial score (nSPS) is 49.8. The van der Waals surface area contributed by atoms with Crippen LogP contribution in [0.15, 0.2) is 24.5 Å². The van der Waals surface area contributed by atoms with Gasteiger partial charge in [-0.05, 0) is 24.0 Å². The first-order valence-corrected chi connectivity index (χ1v) is 7.59. The van der Waals surface area contributed by atoms with Crippen LogP contribution in [0.1, 0.15) is 6.42 Å². The number of rotatable bonds is 3. The fourth-order valence-electron chi connectivity index (χ4n) is 3.36. The Morgan fingerprint density at radius 1 is 1.13 bits per heavy atom. The Balaban J connectivity index is 1.73. The summed E-state index contributed by atoms with van der Waals surface area (Å²) in [7, 11) is 0. The highest BCUT2D eigenvalue weighted by atomic mass is 16.8. The fourth-order valence-corrected chi connectivity index (χ4v) is 3.36. The first-order chi connectivity index (χ1) is 10.9. The predicted octanol–water partition coefficient (Wildman–Crippen LogP) is -1.77. The van der Waals surface area contributed by atoms with Crippen molar-refractivity contribution < 1.29 is 39.7 Å². The van der Waals surface area contributed by atoms with Crippen molar-refractivity contribution in [3.05, 3.63) is 24.5 Å². The van der Waals surface area contributed by atoms with E-state index >= 15 is 0 Å². The number of hydrogen-bond donors (Lipinski definition) is 5. The minimum atomic E-state index is -1.52. The van der Waals surface area contributed by atoms with Crippen LogP contribution in [0.4, 0.5) is 0 Å². The molecule has 3 rings (SSSR count). The topological polar surface area (TPSA) is 129 Å². The van der Waals surface area contributed by atoms with Gasteiger partial charge in [-0.1, -0.05) is 6.58 Å². The minimum Gasteiger partial charge on any atom is -0.472 e. The van der Waals surface area contributed by atoms with Gasteiger partial charge in [0.05, 0.1) is 24.9 Å². The van der Waals surface area contributed by atoms with Gasteiger partial charge in [0.2, 0.25) is 6.29 Å². The molecule has 1 aliphatic carbocycles. The highest BCUT2D eigenvalue weighted by molar-refractivity contribution is 5.21. The molecule has 0 unspecified atom stereocenters. The maximum Gasteiger partial charge on any atom is 0.208 e. The zero-order valence-corrected chi connectivity index (χ0v) is 12.4. The standard InChI is InChI=1S/C15H22O8/c1-6-8(17)4-7-2-3-21-14(10(6)7)23-15-13(20)12(19)11(18)9(5-16)22-15/h2-3,7-20H,1,4-5H2/t7-,8-,9+,10+,11+,12-,13+,14-,15-/m0/s1. The summed E-state index contributed by atoms with van der Waals surface area (Å²) < 4.78 is 16.4. The maximum absolute atomic E-state index is 10.0. The summed E-state index contributed by atoms with van der Waals surface area (Å²) in [5, 5.41) is 48.7. The second-order valence-electron chi connectivity index (χ2n) is 6.18. The van der Waals surface area contributed by atoms with E-state index in [1.165, 1.54) is 6.26 Å². The third-order valence-electron chi connectivity index (χ3n) is 4.76. The van der Waals surface area contributed by atoms with Gasteiger partial charge < -0.3 is 39.7 Å². The van der Waals surface area contributed by atoms with E-state index in [0.29, 0.717) is 12.0 Å². The van der Waals surface area contributed by atoms with Crippen molar-refractivity contribution in [2.24, 2.45) is 11.8 Å². The van der Waals surface area contributed by atoms with Crippen molar-refractivity contribution in [1.29, 1.82) is 0 Å². The quantitative estimate of drug-likeness (QED) is 0.384. The van der Waals surface area contributed by atoms with Crippen LogP contribution in [-0.2, 0) is 14.2 Å². The second-order valence-corrected chi connectivity index (χ2v) is 6.18. The van der Waals surface area contributed by atoms with Crippen LogP contribution < -0.4 is 0 Å². The molecule has 5 N–H and O–H groups in total. The molecule has 0 amide bonds. The molecule has 0 spiro atoms. The molecule has 8 heteroatoms. The number of aliphatic hydroxyl groups excluding tert-OH is 5. The average molecular weight is 330 g/mol. The number of allylic oxidation sites excluding steroid dienone is 1.